The predicted octanol–water partition coefficient (Wildman–Crippen LogP) is 1.74. The number of carbonyl (C=O) groups excluding carboxylic acids is 1. The van der Waals surface area contributed by atoms with Gasteiger partial charge in [0.2, 0.25) is 0 Å². The van der Waals surface area contributed by atoms with Crippen molar-refractivity contribution in [3.8, 4) is 5.75 Å². The van der Waals surface area contributed by atoms with Gasteiger partial charge in [-0.05, 0) is 19.2 Å². The van der Waals surface area contributed by atoms with E-state index in [2.05, 4.69) is 5.10 Å². The van der Waals surface area contributed by atoms with Crippen LogP contribution in [0.25, 0.3) is 0 Å². The minimum absolute atomic E-state index is 0.0499. The van der Waals surface area contributed by atoms with Crippen molar-refractivity contribution in [3.05, 3.63) is 47.8 Å². The molecule has 1 heterocycles. The number of aromatic nitrogens is 2. The maximum absolute atomic E-state index is 12.3. The van der Waals surface area contributed by atoms with Gasteiger partial charge in [0.1, 0.15) is 5.75 Å². The highest BCUT2D eigenvalue weighted by Gasteiger charge is 2.14. The highest BCUT2D eigenvalue weighted by atomic mass is 16.5. The molecular weight excluding hydrogens is 254 g/mol. The summed E-state index contributed by atoms with van der Waals surface area (Å²) < 4.78 is 6.97. The van der Waals surface area contributed by atoms with E-state index in [1.54, 1.807) is 23.9 Å². The molecule has 0 radical (unpaired) electrons. The first-order valence-corrected chi connectivity index (χ1v) is 6.42. The Morgan fingerprint density at radius 2 is 2.15 bits per heavy atom. The number of para-hydroxylation sites is 1. The molecule has 106 valence electrons. The number of hydrogen-bond donors (Lipinski definition) is 0. The van der Waals surface area contributed by atoms with E-state index in [9.17, 15) is 4.79 Å². The molecular formula is C15H19N3O2. The molecule has 0 aliphatic carbocycles. The number of likely N-dealkylation sites (N-methyl/N-ethyl adjacent to an activating group) is 1. The maximum Gasteiger partial charge on any atom is 0.180 e. The molecule has 5 heteroatoms. The van der Waals surface area contributed by atoms with Gasteiger partial charge in [0, 0.05) is 25.4 Å². The summed E-state index contributed by atoms with van der Waals surface area (Å²) in [6.45, 7) is 1.03. The van der Waals surface area contributed by atoms with E-state index in [0.717, 1.165) is 5.56 Å². The van der Waals surface area contributed by atoms with Gasteiger partial charge in [-0.15, -0.1) is 0 Å². The van der Waals surface area contributed by atoms with Gasteiger partial charge in [0.05, 0.1) is 25.4 Å². The number of carbonyl (C=O) groups is 1. The SMILES string of the molecule is COc1ccccc1C(=O)CN(C)Cc1cnn(C)c1. The number of hydrogen-bond acceptors (Lipinski definition) is 4. The van der Waals surface area contributed by atoms with Crippen molar-refractivity contribution in [2.45, 2.75) is 6.54 Å². The molecule has 0 aliphatic heterocycles. The molecule has 0 spiro atoms. The molecule has 5 nitrogen and oxygen atoms in total. The van der Waals surface area contributed by atoms with E-state index < -0.39 is 0 Å². The topological polar surface area (TPSA) is 47.4 Å². The Kier molecular flexibility index (Phi) is 4.53. The molecule has 0 atom stereocenters. The summed E-state index contributed by atoms with van der Waals surface area (Å²) >= 11 is 0. The Morgan fingerprint density at radius 3 is 2.80 bits per heavy atom. The van der Waals surface area contributed by atoms with Crippen molar-refractivity contribution >= 4 is 5.78 Å². The first kappa shape index (κ1) is 14.3. The van der Waals surface area contributed by atoms with Crippen molar-refractivity contribution in [1.29, 1.82) is 0 Å². The fraction of sp³-hybridized carbons (Fsp3) is 0.333. The lowest BCUT2D eigenvalue weighted by molar-refractivity contribution is 0.0940. The number of rotatable bonds is 6. The summed E-state index contributed by atoms with van der Waals surface area (Å²) in [5.74, 6) is 0.668. The average molecular weight is 273 g/mol. The average Bonchev–Trinajstić information content (AvgIpc) is 2.83. The summed E-state index contributed by atoms with van der Waals surface area (Å²) in [7, 11) is 5.37. The third kappa shape index (κ3) is 3.45. The second kappa shape index (κ2) is 6.34. The van der Waals surface area contributed by atoms with Crippen LogP contribution in [-0.2, 0) is 13.6 Å². The largest absolute Gasteiger partial charge is 0.496 e. The van der Waals surface area contributed by atoms with Crippen LogP contribution < -0.4 is 4.74 Å². The van der Waals surface area contributed by atoms with Crippen molar-refractivity contribution in [1.82, 2.24) is 14.7 Å². The smallest absolute Gasteiger partial charge is 0.180 e. The predicted molar refractivity (Wildman–Crippen MR) is 76.9 cm³/mol. The number of benzene rings is 1. The third-order valence-electron chi connectivity index (χ3n) is 3.03. The summed E-state index contributed by atoms with van der Waals surface area (Å²) in [4.78, 5) is 14.3. The van der Waals surface area contributed by atoms with Gasteiger partial charge < -0.3 is 4.74 Å². The molecule has 0 bridgehead atoms. The fourth-order valence-electron chi connectivity index (χ4n) is 2.13. The van der Waals surface area contributed by atoms with E-state index in [1.807, 2.05) is 43.5 Å². The number of nitrogens with zero attached hydrogens (tertiary/aromatic N) is 3. The van der Waals surface area contributed by atoms with E-state index in [0.29, 0.717) is 24.4 Å². The van der Waals surface area contributed by atoms with Gasteiger partial charge in [-0.25, -0.2) is 0 Å². The molecule has 0 fully saturated rings. The zero-order valence-electron chi connectivity index (χ0n) is 12.0. The van der Waals surface area contributed by atoms with E-state index >= 15 is 0 Å². The van der Waals surface area contributed by atoms with Crippen LogP contribution >= 0.6 is 0 Å². The van der Waals surface area contributed by atoms with Gasteiger partial charge in [-0.3, -0.25) is 14.4 Å². The third-order valence-corrected chi connectivity index (χ3v) is 3.03. The Bertz CT molecular complexity index is 592. The summed E-state index contributed by atoms with van der Waals surface area (Å²) in [6.07, 6.45) is 3.76. The van der Waals surface area contributed by atoms with Crippen LogP contribution in [0.5, 0.6) is 5.75 Å². The van der Waals surface area contributed by atoms with Gasteiger partial charge in [0.15, 0.2) is 5.78 Å². The maximum atomic E-state index is 12.3. The van der Waals surface area contributed by atoms with Crippen LogP contribution in [0.2, 0.25) is 0 Å². The van der Waals surface area contributed by atoms with Crippen LogP contribution in [0.1, 0.15) is 15.9 Å². The molecule has 20 heavy (non-hydrogen) atoms. The molecule has 0 unspecified atom stereocenters. The highest BCUT2D eigenvalue weighted by Crippen LogP contribution is 2.18. The van der Waals surface area contributed by atoms with Crippen LogP contribution in [0.3, 0.4) is 0 Å². The van der Waals surface area contributed by atoms with Crippen molar-refractivity contribution in [2.75, 3.05) is 20.7 Å². The zero-order chi connectivity index (χ0) is 14.5. The molecule has 0 N–H and O–H groups in total. The lowest BCUT2D eigenvalue weighted by Gasteiger charge is -2.15. The van der Waals surface area contributed by atoms with Crippen molar-refractivity contribution in [3.63, 3.8) is 0 Å². The second-order valence-electron chi connectivity index (χ2n) is 4.82. The van der Waals surface area contributed by atoms with Gasteiger partial charge >= 0.3 is 0 Å². The molecule has 0 amide bonds. The Balaban J connectivity index is 2.00. The molecule has 0 aliphatic rings. The van der Waals surface area contributed by atoms with Crippen LogP contribution in [0.15, 0.2) is 36.7 Å². The number of ether oxygens (including phenoxy) is 1. The van der Waals surface area contributed by atoms with Crippen LogP contribution in [0, 0.1) is 0 Å². The van der Waals surface area contributed by atoms with Gasteiger partial charge in [0.25, 0.3) is 0 Å². The molecule has 0 saturated carbocycles. The Hall–Kier alpha value is -2.14. The standard InChI is InChI=1S/C15H19N3O2/c1-17(9-12-8-16-18(2)10-12)11-14(19)13-6-4-5-7-15(13)20-3/h4-8,10H,9,11H2,1-3H3. The summed E-state index contributed by atoms with van der Waals surface area (Å²) in [5.41, 5.74) is 1.70. The second-order valence-corrected chi connectivity index (χ2v) is 4.82. The number of ketones is 1. The minimum atomic E-state index is 0.0499. The number of aryl methyl sites for hydroxylation is 1. The fourth-order valence-corrected chi connectivity index (χ4v) is 2.13. The van der Waals surface area contributed by atoms with E-state index in [1.165, 1.54) is 0 Å². The molecule has 2 aromatic rings. The number of Topliss-reactive ketones (excluding diaryl/α,β-unsaturated/α-hetero) is 1. The van der Waals surface area contributed by atoms with E-state index in [4.69, 9.17) is 4.74 Å². The van der Waals surface area contributed by atoms with Gasteiger partial charge in [-0.2, -0.15) is 5.10 Å². The first-order chi connectivity index (χ1) is 9.60. The van der Waals surface area contributed by atoms with Crippen molar-refractivity contribution < 1.29 is 9.53 Å². The van der Waals surface area contributed by atoms with E-state index in [-0.39, 0.29) is 5.78 Å². The monoisotopic (exact) mass is 273 g/mol. The number of methoxy groups -OCH3 is 1. The normalized spacial score (nSPS) is 10.8. The van der Waals surface area contributed by atoms with Crippen LogP contribution in [-0.4, -0.2) is 41.2 Å². The lowest BCUT2D eigenvalue weighted by Crippen LogP contribution is -2.25. The Morgan fingerprint density at radius 1 is 1.40 bits per heavy atom. The quantitative estimate of drug-likeness (QED) is 0.752. The molecule has 1 aromatic heterocycles. The Labute approximate surface area is 118 Å². The molecule has 1 aromatic carbocycles. The summed E-state index contributed by atoms with van der Waals surface area (Å²) in [5, 5.41) is 4.12. The summed E-state index contributed by atoms with van der Waals surface area (Å²) in [6, 6.07) is 7.29. The molecule has 2 rings (SSSR count). The van der Waals surface area contributed by atoms with Crippen LogP contribution in [0.4, 0.5) is 0 Å². The minimum Gasteiger partial charge on any atom is -0.496 e. The van der Waals surface area contributed by atoms with Gasteiger partial charge in [-0.1, -0.05) is 12.1 Å². The highest BCUT2D eigenvalue weighted by molar-refractivity contribution is 6.00. The first-order valence-electron chi connectivity index (χ1n) is 6.42. The zero-order valence-corrected chi connectivity index (χ0v) is 12.0. The lowest BCUT2D eigenvalue weighted by atomic mass is 10.1. The molecule has 0 saturated heterocycles. The van der Waals surface area contributed by atoms with Crippen molar-refractivity contribution in [2.24, 2.45) is 7.05 Å².